The fourth-order valence-electron chi connectivity index (χ4n) is 5.41. The first-order chi connectivity index (χ1) is 19.3. The van der Waals surface area contributed by atoms with Crippen molar-refractivity contribution in [1.82, 2.24) is 19.6 Å². The van der Waals surface area contributed by atoms with Crippen LogP contribution in [0.25, 0.3) is 0 Å². The number of hydrogen-bond donors (Lipinski definition) is 0. The Hall–Kier alpha value is -3.67. The molecular formula is C29H34F4N4O4. The quantitative estimate of drug-likeness (QED) is 0.435. The highest BCUT2D eigenvalue weighted by molar-refractivity contribution is 5.90. The minimum atomic E-state index is -4.54. The number of rotatable bonds is 8. The Morgan fingerprint density at radius 3 is 2.54 bits per heavy atom. The van der Waals surface area contributed by atoms with Gasteiger partial charge in [-0.25, -0.2) is 9.18 Å². The number of nitrogens with zero attached hydrogens (tertiary/aromatic N) is 4. The highest BCUT2D eigenvalue weighted by atomic mass is 19.4. The summed E-state index contributed by atoms with van der Waals surface area (Å²) in [5.74, 6) is -0.993. The maximum absolute atomic E-state index is 13.9. The molecule has 2 aliphatic heterocycles. The van der Waals surface area contributed by atoms with Gasteiger partial charge in [-0.15, -0.1) is 0 Å². The van der Waals surface area contributed by atoms with Crippen LogP contribution in [0.15, 0.2) is 42.5 Å². The first-order valence-corrected chi connectivity index (χ1v) is 13.4. The molecule has 0 unspecified atom stereocenters. The second kappa shape index (κ2) is 12.5. The third-order valence-corrected chi connectivity index (χ3v) is 7.26. The van der Waals surface area contributed by atoms with Crippen LogP contribution in [0.4, 0.5) is 22.4 Å². The lowest BCUT2D eigenvalue weighted by Gasteiger charge is -2.52. The molecule has 0 N–H and O–H groups in total. The van der Waals surface area contributed by atoms with Crippen LogP contribution >= 0.6 is 0 Å². The molecule has 8 nitrogen and oxygen atoms in total. The van der Waals surface area contributed by atoms with Crippen molar-refractivity contribution in [2.45, 2.75) is 57.7 Å². The highest BCUT2D eigenvalue weighted by Crippen LogP contribution is 2.32. The smallest absolute Gasteiger partial charge is 0.416 e. The van der Waals surface area contributed by atoms with Crippen molar-refractivity contribution in [2.75, 3.05) is 33.7 Å². The fraction of sp³-hybridized carbons (Fsp3) is 0.483. The molecule has 2 saturated heterocycles. The van der Waals surface area contributed by atoms with Crippen molar-refractivity contribution in [1.29, 1.82) is 0 Å². The predicted octanol–water partition coefficient (Wildman–Crippen LogP) is 4.40. The van der Waals surface area contributed by atoms with Crippen molar-refractivity contribution in [3.63, 3.8) is 0 Å². The molecule has 41 heavy (non-hydrogen) atoms. The molecule has 2 atom stereocenters. The largest absolute Gasteiger partial charge is 0.444 e. The summed E-state index contributed by atoms with van der Waals surface area (Å²) in [5.41, 5.74) is 0.288. The molecule has 0 saturated carbocycles. The minimum absolute atomic E-state index is 0.0109. The SMILES string of the molecule is Cc1cc(COC(=O)N2CCC(=O)N3[C@@H]2CN(Cc2cccc(F)c2)C(=O)[C@@H]3CCCN(C)C)cc(C(F)(F)F)c1. The zero-order chi connectivity index (χ0) is 29.9. The molecule has 2 aromatic carbocycles. The van der Waals surface area contributed by atoms with Gasteiger partial charge in [0.1, 0.15) is 24.6 Å². The number of carbonyl (C=O) groups excluding carboxylic acids is 3. The molecule has 0 aliphatic carbocycles. The number of carbonyl (C=O) groups is 3. The number of halogens is 4. The highest BCUT2D eigenvalue weighted by Gasteiger charge is 2.48. The lowest BCUT2D eigenvalue weighted by Crippen LogP contribution is -2.71. The van der Waals surface area contributed by atoms with E-state index in [2.05, 4.69) is 0 Å². The Kier molecular flexibility index (Phi) is 9.21. The van der Waals surface area contributed by atoms with Gasteiger partial charge in [-0.2, -0.15) is 13.2 Å². The third-order valence-electron chi connectivity index (χ3n) is 7.26. The van der Waals surface area contributed by atoms with Gasteiger partial charge < -0.3 is 19.4 Å². The number of hydrogen-bond acceptors (Lipinski definition) is 5. The van der Waals surface area contributed by atoms with Gasteiger partial charge in [0.15, 0.2) is 0 Å². The number of benzene rings is 2. The molecule has 2 aromatic rings. The van der Waals surface area contributed by atoms with Gasteiger partial charge >= 0.3 is 12.3 Å². The number of piperazine rings is 1. The van der Waals surface area contributed by atoms with Crippen molar-refractivity contribution >= 4 is 17.9 Å². The van der Waals surface area contributed by atoms with Gasteiger partial charge in [0.05, 0.1) is 12.1 Å². The zero-order valence-electron chi connectivity index (χ0n) is 23.3. The van der Waals surface area contributed by atoms with E-state index in [1.165, 1.54) is 39.8 Å². The summed E-state index contributed by atoms with van der Waals surface area (Å²) >= 11 is 0. The normalized spacial score (nSPS) is 19.6. The fourth-order valence-corrected chi connectivity index (χ4v) is 5.41. The standard InChI is InChI=1S/C29H34F4N4O4/c1-19-12-21(14-22(13-19)29(31,32)33)18-41-28(40)36-11-9-26(38)37-24(8-5-10-34(2)3)27(39)35(17-25(36)37)16-20-6-4-7-23(30)15-20/h4,6-7,12-15,24-25H,5,8-11,16-18H2,1-3H3/t24-,25+/m0/s1. The number of amides is 3. The first kappa shape index (κ1) is 30.3. The summed E-state index contributed by atoms with van der Waals surface area (Å²) in [6, 6.07) is 8.51. The molecule has 0 radical (unpaired) electrons. The maximum atomic E-state index is 13.9. The molecule has 2 fully saturated rings. The summed E-state index contributed by atoms with van der Waals surface area (Å²) in [6.07, 6.45) is -5.20. The van der Waals surface area contributed by atoms with Crippen LogP contribution in [-0.2, 0) is 33.7 Å². The average Bonchev–Trinajstić information content (AvgIpc) is 2.88. The molecule has 2 aliphatic rings. The molecular weight excluding hydrogens is 544 g/mol. The van der Waals surface area contributed by atoms with Crippen LogP contribution < -0.4 is 0 Å². The summed E-state index contributed by atoms with van der Waals surface area (Å²) in [5, 5.41) is 0. The minimum Gasteiger partial charge on any atom is -0.444 e. The summed E-state index contributed by atoms with van der Waals surface area (Å²) in [6.45, 7) is 1.93. The summed E-state index contributed by atoms with van der Waals surface area (Å²) < 4.78 is 59.1. The van der Waals surface area contributed by atoms with Gasteiger partial charge in [0, 0.05) is 19.5 Å². The van der Waals surface area contributed by atoms with E-state index in [0.717, 1.165) is 12.1 Å². The van der Waals surface area contributed by atoms with Crippen molar-refractivity contribution in [2.24, 2.45) is 0 Å². The molecule has 222 valence electrons. The van der Waals surface area contributed by atoms with Gasteiger partial charge in [-0.05, 0) is 75.8 Å². The summed E-state index contributed by atoms with van der Waals surface area (Å²) in [4.78, 5) is 46.3. The Labute approximate surface area is 236 Å². The van der Waals surface area contributed by atoms with Gasteiger partial charge in [0.25, 0.3) is 0 Å². The number of ether oxygens (including phenoxy) is 1. The van der Waals surface area contributed by atoms with Crippen molar-refractivity contribution in [3.8, 4) is 0 Å². The monoisotopic (exact) mass is 578 g/mol. The van der Waals surface area contributed by atoms with Crippen molar-refractivity contribution < 1.29 is 36.7 Å². The predicted molar refractivity (Wildman–Crippen MR) is 142 cm³/mol. The molecule has 12 heteroatoms. The Morgan fingerprint density at radius 1 is 1.10 bits per heavy atom. The zero-order valence-corrected chi connectivity index (χ0v) is 23.3. The number of aryl methyl sites for hydroxylation is 1. The van der Waals surface area contributed by atoms with Crippen LogP contribution in [-0.4, -0.2) is 83.4 Å². The van der Waals surface area contributed by atoms with E-state index >= 15 is 0 Å². The lowest BCUT2D eigenvalue weighted by atomic mass is 9.99. The molecule has 4 rings (SSSR count). The van der Waals surface area contributed by atoms with Crippen LogP contribution in [0.1, 0.15) is 41.5 Å². The first-order valence-electron chi connectivity index (χ1n) is 13.4. The van der Waals surface area contributed by atoms with E-state index in [9.17, 15) is 31.9 Å². The van der Waals surface area contributed by atoms with E-state index in [-0.39, 0.29) is 50.0 Å². The molecule has 3 amide bonds. The molecule has 2 heterocycles. The Morgan fingerprint density at radius 2 is 1.85 bits per heavy atom. The van der Waals surface area contributed by atoms with Crippen LogP contribution in [0.3, 0.4) is 0 Å². The van der Waals surface area contributed by atoms with Gasteiger partial charge in [-0.1, -0.05) is 23.8 Å². The van der Waals surface area contributed by atoms with Crippen molar-refractivity contribution in [3.05, 3.63) is 70.5 Å². The van der Waals surface area contributed by atoms with E-state index < -0.39 is 35.9 Å². The summed E-state index contributed by atoms with van der Waals surface area (Å²) in [7, 11) is 3.80. The van der Waals surface area contributed by atoms with E-state index in [1.807, 2.05) is 19.0 Å². The van der Waals surface area contributed by atoms with E-state index in [1.54, 1.807) is 12.1 Å². The Balaban J connectivity index is 1.56. The number of alkyl halides is 3. The van der Waals surface area contributed by atoms with E-state index in [0.29, 0.717) is 30.5 Å². The van der Waals surface area contributed by atoms with Crippen LogP contribution in [0.2, 0.25) is 0 Å². The lowest BCUT2D eigenvalue weighted by molar-refractivity contribution is -0.169. The topological polar surface area (TPSA) is 73.4 Å². The average molecular weight is 579 g/mol. The van der Waals surface area contributed by atoms with Gasteiger partial charge in [-0.3, -0.25) is 14.5 Å². The number of fused-ring (bicyclic) bond motifs is 1. The second-order valence-electron chi connectivity index (χ2n) is 10.8. The third kappa shape index (κ3) is 7.35. The molecule has 0 aromatic heterocycles. The second-order valence-corrected chi connectivity index (χ2v) is 10.8. The van der Waals surface area contributed by atoms with E-state index in [4.69, 9.17) is 4.74 Å². The van der Waals surface area contributed by atoms with Crippen LogP contribution in [0, 0.1) is 12.7 Å². The molecule has 0 spiro atoms. The maximum Gasteiger partial charge on any atom is 0.416 e. The van der Waals surface area contributed by atoms with Crippen LogP contribution in [0.5, 0.6) is 0 Å². The molecule has 0 bridgehead atoms. The van der Waals surface area contributed by atoms with Gasteiger partial charge in [0.2, 0.25) is 11.8 Å². The Bertz CT molecular complexity index is 1290.